The third-order valence-electron chi connectivity index (χ3n) is 2.93. The van der Waals surface area contributed by atoms with Gasteiger partial charge in [0.05, 0.1) is 11.8 Å². The second kappa shape index (κ2) is 2.67. The molecule has 4 heteroatoms. The Morgan fingerprint density at radius 3 is 3.07 bits per heavy atom. The molecule has 1 aliphatic carbocycles. The largest absolute Gasteiger partial charge is 0.392 e. The fraction of sp³-hybridized carbons (Fsp3) is 0.400. The lowest BCUT2D eigenvalue weighted by Gasteiger charge is -2.30. The van der Waals surface area contributed by atoms with Crippen molar-refractivity contribution < 1.29 is 14.3 Å². The number of rotatable bonds is 0. The first kappa shape index (κ1) is 8.17. The van der Waals surface area contributed by atoms with Crippen molar-refractivity contribution in [1.82, 2.24) is 0 Å². The van der Waals surface area contributed by atoms with Gasteiger partial charge in [0, 0.05) is 4.88 Å². The lowest BCUT2D eigenvalue weighted by atomic mass is 9.79. The standard InChI is InChI=1S/C10H8O3S/c11-9-5-3-7(10(12)13-9)6-1-2-14-8(6)4-5/h1-2,5,7H,3-4H2. The summed E-state index contributed by atoms with van der Waals surface area (Å²) in [5.41, 5.74) is 1.07. The average Bonchev–Trinajstić information content (AvgIpc) is 2.61. The maximum absolute atomic E-state index is 11.4. The van der Waals surface area contributed by atoms with Crippen LogP contribution < -0.4 is 0 Å². The Bertz CT molecular complexity index is 421. The first-order chi connectivity index (χ1) is 6.75. The van der Waals surface area contributed by atoms with Crippen molar-refractivity contribution in [2.24, 2.45) is 5.92 Å². The minimum absolute atomic E-state index is 0.0937. The van der Waals surface area contributed by atoms with Crippen LogP contribution in [0.2, 0.25) is 0 Å². The Labute approximate surface area is 84.7 Å². The summed E-state index contributed by atoms with van der Waals surface area (Å²) in [5, 5.41) is 1.98. The van der Waals surface area contributed by atoms with Crippen LogP contribution in [0.5, 0.6) is 0 Å². The summed E-state index contributed by atoms with van der Waals surface area (Å²) < 4.78 is 4.71. The highest BCUT2D eigenvalue weighted by atomic mass is 32.1. The summed E-state index contributed by atoms with van der Waals surface area (Å²) in [6.45, 7) is 0. The van der Waals surface area contributed by atoms with Gasteiger partial charge in [0.25, 0.3) is 0 Å². The summed E-state index contributed by atoms with van der Waals surface area (Å²) in [5.74, 6) is -0.993. The average molecular weight is 208 g/mol. The van der Waals surface area contributed by atoms with Crippen molar-refractivity contribution >= 4 is 23.3 Å². The van der Waals surface area contributed by atoms with Gasteiger partial charge < -0.3 is 4.74 Å². The van der Waals surface area contributed by atoms with Crippen LogP contribution in [-0.2, 0) is 20.7 Å². The molecule has 2 atom stereocenters. The molecule has 14 heavy (non-hydrogen) atoms. The Morgan fingerprint density at radius 1 is 1.36 bits per heavy atom. The third kappa shape index (κ3) is 0.973. The van der Waals surface area contributed by atoms with Crippen LogP contribution in [0.25, 0.3) is 0 Å². The van der Waals surface area contributed by atoms with Crippen LogP contribution in [0.1, 0.15) is 22.8 Å². The molecular weight excluding hydrogens is 200 g/mol. The molecule has 1 aliphatic heterocycles. The molecule has 1 aromatic heterocycles. The molecule has 1 aromatic rings. The van der Waals surface area contributed by atoms with E-state index in [-0.39, 0.29) is 23.8 Å². The number of ether oxygens (including phenoxy) is 1. The molecule has 2 heterocycles. The highest BCUT2D eigenvalue weighted by molar-refractivity contribution is 7.10. The zero-order valence-corrected chi connectivity index (χ0v) is 8.17. The zero-order valence-electron chi connectivity index (χ0n) is 7.36. The van der Waals surface area contributed by atoms with Crippen molar-refractivity contribution in [3.63, 3.8) is 0 Å². The van der Waals surface area contributed by atoms with Gasteiger partial charge in [-0.05, 0) is 29.9 Å². The zero-order chi connectivity index (χ0) is 9.71. The van der Waals surface area contributed by atoms with Crippen LogP contribution in [0.15, 0.2) is 11.4 Å². The monoisotopic (exact) mass is 208 g/mol. The molecule has 0 N–H and O–H groups in total. The van der Waals surface area contributed by atoms with Crippen molar-refractivity contribution in [3.05, 3.63) is 21.9 Å². The fourth-order valence-electron chi connectivity index (χ4n) is 2.20. The molecule has 0 radical (unpaired) electrons. The lowest BCUT2D eigenvalue weighted by molar-refractivity contribution is -0.169. The van der Waals surface area contributed by atoms with Gasteiger partial charge in [0.15, 0.2) is 0 Å². The smallest absolute Gasteiger partial charge is 0.321 e. The van der Waals surface area contributed by atoms with E-state index in [4.69, 9.17) is 4.74 Å². The van der Waals surface area contributed by atoms with Crippen LogP contribution in [0, 0.1) is 5.92 Å². The first-order valence-corrected chi connectivity index (χ1v) is 5.45. The van der Waals surface area contributed by atoms with Crippen molar-refractivity contribution in [2.45, 2.75) is 18.8 Å². The van der Waals surface area contributed by atoms with Crippen LogP contribution in [-0.4, -0.2) is 11.9 Å². The highest BCUT2D eigenvalue weighted by Gasteiger charge is 2.42. The van der Waals surface area contributed by atoms with Crippen LogP contribution in [0.3, 0.4) is 0 Å². The molecule has 1 saturated heterocycles. The van der Waals surface area contributed by atoms with Gasteiger partial charge in [0.2, 0.25) is 0 Å². The summed E-state index contributed by atoms with van der Waals surface area (Å²) in [4.78, 5) is 23.9. The number of hydrogen-bond donors (Lipinski definition) is 0. The summed E-state index contributed by atoms with van der Waals surface area (Å²) in [6.07, 6.45) is 1.39. The van der Waals surface area contributed by atoms with E-state index in [0.717, 1.165) is 12.0 Å². The second-order valence-corrected chi connectivity index (χ2v) is 4.73. The molecule has 3 nitrogen and oxygen atoms in total. The van der Waals surface area contributed by atoms with Gasteiger partial charge in [-0.3, -0.25) is 9.59 Å². The molecule has 2 aliphatic rings. The summed E-state index contributed by atoms with van der Waals surface area (Å²) in [7, 11) is 0. The fourth-order valence-corrected chi connectivity index (χ4v) is 3.22. The Hall–Kier alpha value is -1.16. The highest BCUT2D eigenvalue weighted by Crippen LogP contribution is 2.41. The molecule has 2 unspecified atom stereocenters. The predicted molar refractivity (Wildman–Crippen MR) is 50.0 cm³/mol. The molecule has 72 valence electrons. The van der Waals surface area contributed by atoms with E-state index in [1.807, 2.05) is 11.4 Å². The maximum atomic E-state index is 11.4. The number of carbonyl (C=O) groups excluding carboxylic acids is 2. The van der Waals surface area contributed by atoms with E-state index in [1.165, 1.54) is 4.88 Å². The van der Waals surface area contributed by atoms with E-state index in [0.29, 0.717) is 6.42 Å². The van der Waals surface area contributed by atoms with Gasteiger partial charge in [-0.25, -0.2) is 0 Å². The number of esters is 2. The Morgan fingerprint density at radius 2 is 2.21 bits per heavy atom. The van der Waals surface area contributed by atoms with Gasteiger partial charge in [-0.1, -0.05) is 0 Å². The minimum Gasteiger partial charge on any atom is -0.392 e. The van der Waals surface area contributed by atoms with E-state index >= 15 is 0 Å². The quantitative estimate of drug-likeness (QED) is 0.479. The number of fused-ring (bicyclic) bond motifs is 4. The minimum atomic E-state index is -0.370. The molecule has 2 bridgehead atoms. The van der Waals surface area contributed by atoms with Crippen molar-refractivity contribution in [3.8, 4) is 0 Å². The molecular formula is C10H8O3S. The van der Waals surface area contributed by atoms with Crippen molar-refractivity contribution in [2.75, 3.05) is 0 Å². The van der Waals surface area contributed by atoms with E-state index < -0.39 is 0 Å². The number of thiophene rings is 1. The van der Waals surface area contributed by atoms with Crippen molar-refractivity contribution in [1.29, 1.82) is 0 Å². The molecule has 0 spiro atoms. The van der Waals surface area contributed by atoms with E-state index in [9.17, 15) is 9.59 Å². The molecule has 1 fully saturated rings. The first-order valence-electron chi connectivity index (χ1n) is 4.57. The Kier molecular flexibility index (Phi) is 1.56. The third-order valence-corrected chi connectivity index (χ3v) is 3.89. The lowest BCUT2D eigenvalue weighted by Crippen LogP contribution is -2.37. The topological polar surface area (TPSA) is 43.4 Å². The number of carbonyl (C=O) groups is 2. The normalized spacial score (nSPS) is 29.7. The maximum Gasteiger partial charge on any atom is 0.321 e. The Balaban J connectivity index is 2.11. The van der Waals surface area contributed by atoms with Gasteiger partial charge in [-0.15, -0.1) is 11.3 Å². The molecule has 0 saturated carbocycles. The summed E-state index contributed by atoms with van der Waals surface area (Å²) >= 11 is 1.63. The van der Waals surface area contributed by atoms with Gasteiger partial charge >= 0.3 is 11.9 Å². The molecule has 0 amide bonds. The van der Waals surface area contributed by atoms with E-state index in [2.05, 4.69) is 0 Å². The van der Waals surface area contributed by atoms with Crippen LogP contribution in [0.4, 0.5) is 0 Å². The summed E-state index contributed by atoms with van der Waals surface area (Å²) in [6, 6.07) is 1.97. The van der Waals surface area contributed by atoms with E-state index in [1.54, 1.807) is 11.3 Å². The molecule has 3 rings (SSSR count). The number of hydrogen-bond acceptors (Lipinski definition) is 4. The van der Waals surface area contributed by atoms with Crippen LogP contribution >= 0.6 is 11.3 Å². The van der Waals surface area contributed by atoms with Gasteiger partial charge in [0.1, 0.15) is 0 Å². The second-order valence-electron chi connectivity index (χ2n) is 3.73. The predicted octanol–water partition coefficient (Wildman–Crippen LogP) is 1.48. The number of cyclic esters (lactones) is 2. The van der Waals surface area contributed by atoms with Gasteiger partial charge in [-0.2, -0.15) is 0 Å². The SMILES string of the molecule is O=C1OC(=O)C2CC1Cc1sccc12. The molecule has 0 aromatic carbocycles.